The van der Waals surface area contributed by atoms with Gasteiger partial charge in [-0.2, -0.15) is 0 Å². The number of alkyl halides is 3. The van der Waals surface area contributed by atoms with Crippen LogP contribution < -0.4 is 14.5 Å². The van der Waals surface area contributed by atoms with Crippen LogP contribution in [0.1, 0.15) is 38.8 Å². The molecule has 2 aromatic rings. The van der Waals surface area contributed by atoms with Crippen molar-refractivity contribution in [1.82, 2.24) is 4.98 Å². The van der Waals surface area contributed by atoms with E-state index in [0.717, 1.165) is 22.7 Å². The summed E-state index contributed by atoms with van der Waals surface area (Å²) >= 11 is 0. The SMILES string of the molecule is CC(C)c1cc(N2C(=O)N(c3ccc(OC(F)(F)F)cc3)C(=O)C23CC3C)ccn1. The van der Waals surface area contributed by atoms with Gasteiger partial charge >= 0.3 is 12.4 Å². The molecule has 6 nitrogen and oxygen atoms in total. The van der Waals surface area contributed by atoms with Crippen molar-refractivity contribution in [2.45, 2.75) is 45.0 Å². The van der Waals surface area contributed by atoms with Gasteiger partial charge in [-0.05, 0) is 54.7 Å². The number of hydrogen-bond donors (Lipinski definition) is 0. The van der Waals surface area contributed by atoms with Crippen LogP contribution in [0.15, 0.2) is 42.6 Å². The minimum absolute atomic E-state index is 0.0394. The number of halogens is 3. The quantitative estimate of drug-likeness (QED) is 0.665. The average Bonchev–Trinajstić information content (AvgIpc) is 3.27. The van der Waals surface area contributed by atoms with Gasteiger partial charge in [-0.1, -0.05) is 20.8 Å². The maximum Gasteiger partial charge on any atom is 0.573 e. The summed E-state index contributed by atoms with van der Waals surface area (Å²) in [5.41, 5.74) is 0.589. The summed E-state index contributed by atoms with van der Waals surface area (Å²) in [5.74, 6) is -0.703. The van der Waals surface area contributed by atoms with Gasteiger partial charge in [0.15, 0.2) is 0 Å². The third kappa shape index (κ3) is 3.18. The van der Waals surface area contributed by atoms with Gasteiger partial charge in [-0.15, -0.1) is 13.2 Å². The fourth-order valence-electron chi connectivity index (χ4n) is 3.92. The van der Waals surface area contributed by atoms with Gasteiger partial charge in [0.05, 0.1) is 11.4 Å². The number of benzene rings is 1. The molecule has 30 heavy (non-hydrogen) atoms. The maximum atomic E-state index is 13.3. The fraction of sp³-hybridized carbons (Fsp3) is 0.381. The second-order valence-electron chi connectivity index (χ2n) is 7.92. The lowest BCUT2D eigenvalue weighted by Crippen LogP contribution is -2.39. The van der Waals surface area contributed by atoms with E-state index in [1.54, 1.807) is 18.3 Å². The molecule has 2 aliphatic rings. The minimum atomic E-state index is -4.82. The van der Waals surface area contributed by atoms with E-state index in [9.17, 15) is 22.8 Å². The molecule has 2 unspecified atom stereocenters. The Balaban J connectivity index is 1.70. The van der Waals surface area contributed by atoms with Crippen molar-refractivity contribution in [3.8, 4) is 5.75 Å². The number of amides is 3. The summed E-state index contributed by atoms with van der Waals surface area (Å²) < 4.78 is 41.1. The average molecular weight is 419 g/mol. The molecule has 1 aliphatic heterocycles. The molecule has 9 heteroatoms. The van der Waals surface area contributed by atoms with Gasteiger partial charge < -0.3 is 4.74 Å². The van der Waals surface area contributed by atoms with Gasteiger partial charge in [0.1, 0.15) is 11.3 Å². The zero-order chi connectivity index (χ0) is 21.8. The van der Waals surface area contributed by atoms with Gasteiger partial charge in [0.2, 0.25) is 0 Å². The first-order valence-electron chi connectivity index (χ1n) is 9.55. The molecule has 1 saturated heterocycles. The number of imide groups is 1. The van der Waals surface area contributed by atoms with Gasteiger partial charge in [-0.3, -0.25) is 14.7 Å². The lowest BCUT2D eigenvalue weighted by molar-refractivity contribution is -0.274. The molecule has 1 aliphatic carbocycles. The van der Waals surface area contributed by atoms with E-state index < -0.39 is 23.7 Å². The second kappa shape index (κ2) is 6.72. The highest BCUT2D eigenvalue weighted by atomic mass is 19.4. The van der Waals surface area contributed by atoms with E-state index in [-0.39, 0.29) is 23.4 Å². The molecular weight excluding hydrogens is 399 g/mol. The second-order valence-corrected chi connectivity index (χ2v) is 7.92. The number of urea groups is 1. The normalized spacial score (nSPS) is 23.6. The topological polar surface area (TPSA) is 62.7 Å². The van der Waals surface area contributed by atoms with E-state index in [0.29, 0.717) is 12.1 Å². The Morgan fingerprint density at radius 2 is 1.77 bits per heavy atom. The Labute approximate surface area is 171 Å². The lowest BCUT2D eigenvalue weighted by atomic mass is 10.1. The summed E-state index contributed by atoms with van der Waals surface area (Å²) in [6.45, 7) is 5.86. The summed E-state index contributed by atoms with van der Waals surface area (Å²) in [5, 5.41) is 0. The van der Waals surface area contributed by atoms with E-state index in [1.165, 1.54) is 17.0 Å². The Kier molecular flexibility index (Phi) is 4.52. The minimum Gasteiger partial charge on any atom is -0.406 e. The lowest BCUT2D eigenvalue weighted by Gasteiger charge is -2.23. The Hall–Kier alpha value is -3.10. The molecule has 1 spiro atoms. The van der Waals surface area contributed by atoms with Crippen molar-refractivity contribution in [2.75, 3.05) is 9.80 Å². The summed E-state index contributed by atoms with van der Waals surface area (Å²) in [7, 11) is 0. The highest BCUT2D eigenvalue weighted by Crippen LogP contribution is 2.55. The van der Waals surface area contributed by atoms with Gasteiger partial charge in [0, 0.05) is 11.9 Å². The predicted octanol–water partition coefficient (Wildman–Crippen LogP) is 4.86. The Bertz CT molecular complexity index is 1010. The van der Waals surface area contributed by atoms with Crippen LogP contribution in [-0.4, -0.2) is 28.8 Å². The Morgan fingerprint density at radius 3 is 2.30 bits per heavy atom. The maximum absolute atomic E-state index is 13.3. The van der Waals surface area contributed by atoms with E-state index in [2.05, 4.69) is 9.72 Å². The first-order valence-corrected chi connectivity index (χ1v) is 9.55. The molecule has 2 atom stereocenters. The predicted molar refractivity (Wildman–Crippen MR) is 103 cm³/mol. The smallest absolute Gasteiger partial charge is 0.406 e. The first-order chi connectivity index (χ1) is 14.0. The van der Waals surface area contributed by atoms with Crippen LogP contribution in [0.2, 0.25) is 0 Å². The van der Waals surface area contributed by atoms with Gasteiger partial charge in [0.25, 0.3) is 5.91 Å². The van der Waals surface area contributed by atoms with Crippen molar-refractivity contribution in [2.24, 2.45) is 5.92 Å². The van der Waals surface area contributed by atoms with Crippen molar-refractivity contribution in [1.29, 1.82) is 0 Å². The molecule has 1 saturated carbocycles. The van der Waals surface area contributed by atoms with E-state index in [1.807, 2.05) is 20.8 Å². The number of pyridine rings is 1. The van der Waals surface area contributed by atoms with Crippen LogP contribution >= 0.6 is 0 Å². The number of ether oxygens (including phenoxy) is 1. The zero-order valence-corrected chi connectivity index (χ0v) is 16.6. The molecule has 3 amide bonds. The van der Waals surface area contributed by atoms with Crippen molar-refractivity contribution in [3.05, 3.63) is 48.3 Å². The van der Waals surface area contributed by atoms with E-state index >= 15 is 0 Å². The summed E-state index contributed by atoms with van der Waals surface area (Å²) in [4.78, 5) is 33.4. The number of carbonyl (C=O) groups is 2. The number of anilines is 2. The highest BCUT2D eigenvalue weighted by molar-refractivity contribution is 6.31. The van der Waals surface area contributed by atoms with Crippen molar-refractivity contribution < 1.29 is 27.5 Å². The number of nitrogens with zero attached hydrogens (tertiary/aromatic N) is 3. The largest absolute Gasteiger partial charge is 0.573 e. The molecule has 4 rings (SSSR count). The molecule has 158 valence electrons. The number of hydrogen-bond acceptors (Lipinski definition) is 4. The fourth-order valence-corrected chi connectivity index (χ4v) is 3.92. The summed E-state index contributed by atoms with van der Waals surface area (Å²) in [6, 6.07) is 7.66. The Morgan fingerprint density at radius 1 is 1.13 bits per heavy atom. The van der Waals surface area contributed by atoms with Crippen LogP contribution in [0.25, 0.3) is 0 Å². The summed E-state index contributed by atoms with van der Waals surface area (Å²) in [6.07, 6.45) is -2.70. The van der Waals surface area contributed by atoms with Crippen LogP contribution in [0.5, 0.6) is 5.75 Å². The molecule has 1 aromatic heterocycles. The van der Waals surface area contributed by atoms with Crippen LogP contribution in [0, 0.1) is 5.92 Å². The third-order valence-corrected chi connectivity index (χ3v) is 5.57. The third-order valence-electron chi connectivity index (χ3n) is 5.57. The number of aromatic nitrogens is 1. The van der Waals surface area contributed by atoms with Crippen molar-refractivity contribution >= 4 is 23.3 Å². The number of carbonyl (C=O) groups excluding carboxylic acids is 2. The van der Waals surface area contributed by atoms with Crippen LogP contribution in [0.3, 0.4) is 0 Å². The first kappa shape index (κ1) is 20.2. The molecule has 0 radical (unpaired) electrons. The molecule has 1 aromatic carbocycles. The van der Waals surface area contributed by atoms with Crippen LogP contribution in [0.4, 0.5) is 29.3 Å². The zero-order valence-electron chi connectivity index (χ0n) is 16.6. The standard InChI is InChI=1S/C21H20F3N3O3/c1-12(2)17-10-15(8-9-25-17)27-19(29)26(18(28)20(27)11-13(20)3)14-4-6-16(7-5-14)30-21(22,23)24/h4-10,12-13H,11H2,1-3H3. The van der Waals surface area contributed by atoms with Crippen LogP contribution in [-0.2, 0) is 4.79 Å². The molecule has 0 bridgehead atoms. The van der Waals surface area contributed by atoms with Crippen molar-refractivity contribution in [3.63, 3.8) is 0 Å². The molecule has 2 heterocycles. The molecule has 2 fully saturated rings. The number of rotatable bonds is 4. The highest BCUT2D eigenvalue weighted by Gasteiger charge is 2.70. The molecular formula is C21H20F3N3O3. The van der Waals surface area contributed by atoms with E-state index in [4.69, 9.17) is 0 Å². The monoisotopic (exact) mass is 419 g/mol. The van der Waals surface area contributed by atoms with Gasteiger partial charge in [-0.25, -0.2) is 9.69 Å². The molecule has 0 N–H and O–H groups in total.